The van der Waals surface area contributed by atoms with Crippen LogP contribution in [0.4, 0.5) is 5.69 Å². The second-order valence-corrected chi connectivity index (χ2v) is 7.38. The van der Waals surface area contributed by atoms with E-state index in [4.69, 9.17) is 28.9 Å². The molecule has 0 atom stereocenters. The van der Waals surface area contributed by atoms with Crippen molar-refractivity contribution in [2.75, 3.05) is 5.73 Å². The molecule has 1 heterocycles. The van der Waals surface area contributed by atoms with Gasteiger partial charge < -0.3 is 10.8 Å². The minimum atomic E-state index is -0.424. The standard InChI is InChI=1S/C19H15Cl2N3O2S/c1-10(23-24-19(26)12-4-2-3-5-16(12)22)13-9-27-18(17(13)25)11-6-7-14(20)15(21)8-11/h2-9,25H,22H2,1H3,(H,24,26)/b23-10+. The van der Waals surface area contributed by atoms with E-state index >= 15 is 0 Å². The van der Waals surface area contributed by atoms with Gasteiger partial charge in [0, 0.05) is 11.1 Å². The summed E-state index contributed by atoms with van der Waals surface area (Å²) in [5.74, 6) is -0.361. The molecule has 0 saturated carbocycles. The minimum Gasteiger partial charge on any atom is -0.506 e. The maximum absolute atomic E-state index is 12.2. The zero-order valence-corrected chi connectivity index (χ0v) is 16.5. The van der Waals surface area contributed by atoms with E-state index in [1.165, 1.54) is 11.3 Å². The quantitative estimate of drug-likeness (QED) is 0.309. The molecular formula is C19H15Cl2N3O2S. The molecule has 0 saturated heterocycles. The number of thiophene rings is 1. The molecule has 3 rings (SSSR count). The van der Waals surface area contributed by atoms with Gasteiger partial charge in [0.2, 0.25) is 0 Å². The number of amides is 1. The molecule has 0 aliphatic rings. The van der Waals surface area contributed by atoms with Crippen LogP contribution >= 0.6 is 34.5 Å². The molecule has 0 aliphatic heterocycles. The normalized spacial score (nSPS) is 11.4. The predicted octanol–water partition coefficient (Wildman–Crippen LogP) is 5.16. The van der Waals surface area contributed by atoms with E-state index in [0.717, 1.165) is 5.56 Å². The molecule has 0 fully saturated rings. The third kappa shape index (κ3) is 4.08. The topological polar surface area (TPSA) is 87.7 Å². The van der Waals surface area contributed by atoms with E-state index in [9.17, 15) is 9.90 Å². The molecule has 5 nitrogen and oxygen atoms in total. The first-order valence-corrected chi connectivity index (χ1v) is 9.47. The van der Waals surface area contributed by atoms with Crippen LogP contribution in [0.3, 0.4) is 0 Å². The Morgan fingerprint density at radius 1 is 1.15 bits per heavy atom. The van der Waals surface area contributed by atoms with E-state index in [1.54, 1.807) is 54.8 Å². The summed E-state index contributed by atoms with van der Waals surface area (Å²) in [6, 6.07) is 11.8. The predicted molar refractivity (Wildman–Crippen MR) is 112 cm³/mol. The molecular weight excluding hydrogens is 405 g/mol. The Morgan fingerprint density at radius 2 is 1.89 bits per heavy atom. The van der Waals surface area contributed by atoms with Gasteiger partial charge in [0.05, 0.1) is 31.8 Å². The lowest BCUT2D eigenvalue weighted by Gasteiger charge is -2.05. The summed E-state index contributed by atoms with van der Waals surface area (Å²) >= 11 is 13.3. The number of nitrogen functional groups attached to an aromatic ring is 1. The van der Waals surface area contributed by atoms with E-state index in [-0.39, 0.29) is 5.75 Å². The molecule has 138 valence electrons. The Hall–Kier alpha value is -2.54. The Bertz CT molecular complexity index is 1050. The molecule has 27 heavy (non-hydrogen) atoms. The Kier molecular flexibility index (Phi) is 5.70. The van der Waals surface area contributed by atoms with E-state index in [0.29, 0.717) is 37.4 Å². The molecule has 1 amide bonds. The van der Waals surface area contributed by atoms with Crippen molar-refractivity contribution in [1.82, 2.24) is 5.43 Å². The number of benzene rings is 2. The Labute approximate surface area is 170 Å². The molecule has 0 bridgehead atoms. The summed E-state index contributed by atoms with van der Waals surface area (Å²) in [7, 11) is 0. The van der Waals surface area contributed by atoms with Crippen molar-refractivity contribution in [3.05, 3.63) is 69.0 Å². The summed E-state index contributed by atoms with van der Waals surface area (Å²) in [5.41, 5.74) is 10.7. The average molecular weight is 420 g/mol. The number of nitrogens with two attached hydrogens (primary N) is 1. The molecule has 8 heteroatoms. The van der Waals surface area contributed by atoms with Crippen molar-refractivity contribution >= 4 is 51.8 Å². The van der Waals surface area contributed by atoms with Crippen LogP contribution in [0.1, 0.15) is 22.8 Å². The monoisotopic (exact) mass is 419 g/mol. The van der Waals surface area contributed by atoms with Crippen molar-refractivity contribution in [3.63, 3.8) is 0 Å². The van der Waals surface area contributed by atoms with Gasteiger partial charge in [-0.1, -0.05) is 41.4 Å². The third-order valence-electron chi connectivity index (χ3n) is 3.87. The lowest BCUT2D eigenvalue weighted by atomic mass is 10.1. The van der Waals surface area contributed by atoms with Gasteiger partial charge in [-0.25, -0.2) is 5.43 Å². The Balaban J connectivity index is 1.83. The number of nitrogens with one attached hydrogen (secondary N) is 1. The number of hydrogen-bond acceptors (Lipinski definition) is 5. The number of halogens is 2. The number of hydrazone groups is 1. The van der Waals surface area contributed by atoms with Gasteiger partial charge >= 0.3 is 0 Å². The number of nitrogens with zero attached hydrogens (tertiary/aromatic N) is 1. The van der Waals surface area contributed by atoms with E-state index in [1.807, 2.05) is 0 Å². The van der Waals surface area contributed by atoms with Crippen molar-refractivity contribution in [2.45, 2.75) is 6.92 Å². The van der Waals surface area contributed by atoms with Crippen molar-refractivity contribution in [3.8, 4) is 16.2 Å². The second-order valence-electron chi connectivity index (χ2n) is 5.68. The van der Waals surface area contributed by atoms with Crippen LogP contribution in [0, 0.1) is 0 Å². The van der Waals surface area contributed by atoms with Gasteiger partial charge in [0.15, 0.2) is 0 Å². The SMILES string of the molecule is C/C(=N\NC(=O)c1ccccc1N)c1csc(-c2ccc(Cl)c(Cl)c2)c1O. The number of anilines is 1. The van der Waals surface area contributed by atoms with Crippen LogP contribution in [0.15, 0.2) is 52.9 Å². The molecule has 0 spiro atoms. The smallest absolute Gasteiger partial charge is 0.273 e. The third-order valence-corrected chi connectivity index (χ3v) is 5.62. The zero-order chi connectivity index (χ0) is 19.6. The lowest BCUT2D eigenvalue weighted by Crippen LogP contribution is -2.20. The van der Waals surface area contributed by atoms with E-state index < -0.39 is 5.91 Å². The average Bonchev–Trinajstić information content (AvgIpc) is 3.03. The second kappa shape index (κ2) is 8.00. The summed E-state index contributed by atoms with van der Waals surface area (Å²) < 4.78 is 0. The van der Waals surface area contributed by atoms with Crippen LogP contribution in [-0.2, 0) is 0 Å². The first-order valence-electron chi connectivity index (χ1n) is 7.84. The van der Waals surface area contributed by atoms with Gasteiger partial charge in [0.1, 0.15) is 5.75 Å². The fourth-order valence-corrected chi connectivity index (χ4v) is 3.71. The molecule has 0 radical (unpaired) electrons. The zero-order valence-electron chi connectivity index (χ0n) is 14.2. The number of carbonyl (C=O) groups is 1. The molecule has 0 aliphatic carbocycles. The highest BCUT2D eigenvalue weighted by molar-refractivity contribution is 7.14. The van der Waals surface area contributed by atoms with Gasteiger partial charge in [-0.15, -0.1) is 11.3 Å². The first-order chi connectivity index (χ1) is 12.9. The maximum Gasteiger partial charge on any atom is 0.273 e. The summed E-state index contributed by atoms with van der Waals surface area (Å²) in [5, 5.41) is 17.2. The number of carbonyl (C=O) groups excluding carboxylic acids is 1. The largest absolute Gasteiger partial charge is 0.506 e. The van der Waals surface area contributed by atoms with Crippen molar-refractivity contribution < 1.29 is 9.90 Å². The molecule has 4 N–H and O–H groups in total. The number of rotatable bonds is 4. The van der Waals surface area contributed by atoms with Crippen LogP contribution in [0.5, 0.6) is 5.75 Å². The molecule has 3 aromatic rings. The van der Waals surface area contributed by atoms with Gasteiger partial charge in [-0.3, -0.25) is 4.79 Å². The van der Waals surface area contributed by atoms with Crippen LogP contribution in [0.2, 0.25) is 10.0 Å². The molecule has 0 unspecified atom stereocenters. The van der Waals surface area contributed by atoms with Gasteiger partial charge in [-0.2, -0.15) is 5.10 Å². The fourth-order valence-electron chi connectivity index (χ4n) is 2.41. The summed E-state index contributed by atoms with van der Waals surface area (Å²) in [4.78, 5) is 12.8. The highest BCUT2D eigenvalue weighted by atomic mass is 35.5. The highest BCUT2D eigenvalue weighted by Crippen LogP contribution is 2.40. The Morgan fingerprint density at radius 3 is 2.59 bits per heavy atom. The van der Waals surface area contributed by atoms with Crippen molar-refractivity contribution in [1.29, 1.82) is 0 Å². The maximum atomic E-state index is 12.2. The minimum absolute atomic E-state index is 0.0631. The molecule has 1 aromatic heterocycles. The van der Waals surface area contributed by atoms with Crippen LogP contribution in [-0.4, -0.2) is 16.7 Å². The summed E-state index contributed by atoms with van der Waals surface area (Å²) in [6.45, 7) is 1.69. The highest BCUT2D eigenvalue weighted by Gasteiger charge is 2.16. The van der Waals surface area contributed by atoms with E-state index in [2.05, 4.69) is 10.5 Å². The summed E-state index contributed by atoms with van der Waals surface area (Å²) in [6.07, 6.45) is 0. The fraction of sp³-hybridized carbons (Fsp3) is 0.0526. The number of aromatic hydroxyl groups is 1. The van der Waals surface area contributed by atoms with Crippen LogP contribution < -0.4 is 11.2 Å². The van der Waals surface area contributed by atoms with Crippen LogP contribution in [0.25, 0.3) is 10.4 Å². The molecule has 2 aromatic carbocycles. The first kappa shape index (κ1) is 19.2. The number of para-hydroxylation sites is 1. The lowest BCUT2D eigenvalue weighted by molar-refractivity contribution is 0.0955. The number of hydrogen-bond donors (Lipinski definition) is 3. The van der Waals surface area contributed by atoms with Gasteiger partial charge in [0.25, 0.3) is 5.91 Å². The van der Waals surface area contributed by atoms with Crippen molar-refractivity contribution in [2.24, 2.45) is 5.10 Å². The van der Waals surface area contributed by atoms with Gasteiger partial charge in [-0.05, 0) is 36.8 Å².